The molecule has 0 radical (unpaired) electrons. The Hall–Kier alpha value is -2.33. The van der Waals surface area contributed by atoms with E-state index in [1.807, 2.05) is 24.3 Å². The summed E-state index contributed by atoms with van der Waals surface area (Å²) in [6, 6.07) is 15.3. The minimum Gasteiger partial charge on any atom is -0.484 e. The molecule has 124 valence electrons. The van der Waals surface area contributed by atoms with E-state index in [1.165, 1.54) is 5.56 Å². The number of nitrogens with zero attached hydrogens (tertiary/aromatic N) is 2. The van der Waals surface area contributed by atoms with Crippen LogP contribution < -0.4 is 4.74 Å². The van der Waals surface area contributed by atoms with Crippen LogP contribution in [0.2, 0.25) is 5.02 Å². The van der Waals surface area contributed by atoms with E-state index in [4.69, 9.17) is 20.8 Å². The monoisotopic (exact) mass is 342 g/mol. The molecule has 3 aromatic rings. The summed E-state index contributed by atoms with van der Waals surface area (Å²) in [5.74, 6) is 1.66. The van der Waals surface area contributed by atoms with E-state index < -0.39 is 0 Å². The lowest BCUT2D eigenvalue weighted by Gasteiger charge is -2.19. The first kappa shape index (κ1) is 16.5. The number of aromatic nitrogens is 2. The number of ether oxygens (including phenoxy) is 1. The van der Waals surface area contributed by atoms with Gasteiger partial charge in [0.25, 0.3) is 5.89 Å². The molecule has 1 heterocycles. The van der Waals surface area contributed by atoms with E-state index in [1.54, 1.807) is 12.1 Å². The quantitative estimate of drug-likeness (QED) is 0.648. The third-order valence-electron chi connectivity index (χ3n) is 3.64. The van der Waals surface area contributed by atoms with Crippen molar-refractivity contribution in [2.45, 2.75) is 32.8 Å². The molecule has 0 N–H and O–H groups in total. The van der Waals surface area contributed by atoms with Crippen LogP contribution in [0.1, 0.15) is 32.2 Å². The van der Waals surface area contributed by atoms with Crippen LogP contribution >= 0.6 is 11.6 Å². The maximum absolute atomic E-state index is 5.87. The van der Waals surface area contributed by atoms with Gasteiger partial charge in [0.1, 0.15) is 5.75 Å². The fourth-order valence-corrected chi connectivity index (χ4v) is 2.34. The molecule has 0 bridgehead atoms. The standard InChI is InChI=1S/C19H19ClN2O2/c1-19(2,3)14-6-10-16(11-7-14)23-12-17-21-22-18(24-17)13-4-8-15(20)9-5-13/h4-11H,12H2,1-3H3. The maximum atomic E-state index is 5.87. The Labute approximate surface area is 146 Å². The summed E-state index contributed by atoms with van der Waals surface area (Å²) >= 11 is 5.87. The minimum absolute atomic E-state index is 0.124. The zero-order valence-corrected chi connectivity index (χ0v) is 14.7. The van der Waals surface area contributed by atoms with Gasteiger partial charge in [0.15, 0.2) is 6.61 Å². The summed E-state index contributed by atoms with van der Waals surface area (Å²) in [7, 11) is 0. The summed E-state index contributed by atoms with van der Waals surface area (Å²) < 4.78 is 11.3. The average molecular weight is 343 g/mol. The highest BCUT2D eigenvalue weighted by atomic mass is 35.5. The molecule has 24 heavy (non-hydrogen) atoms. The van der Waals surface area contributed by atoms with Gasteiger partial charge in [-0.05, 0) is 47.4 Å². The second-order valence-corrected chi connectivity index (χ2v) is 7.01. The number of halogens is 1. The molecule has 2 aromatic carbocycles. The van der Waals surface area contributed by atoms with Crippen LogP contribution in [0.4, 0.5) is 0 Å². The number of benzene rings is 2. The summed E-state index contributed by atoms with van der Waals surface area (Å²) in [5.41, 5.74) is 2.21. The zero-order chi connectivity index (χ0) is 17.2. The molecule has 0 aliphatic carbocycles. The molecule has 0 amide bonds. The normalized spacial score (nSPS) is 11.5. The SMILES string of the molecule is CC(C)(C)c1ccc(OCc2nnc(-c3ccc(Cl)cc3)o2)cc1. The smallest absolute Gasteiger partial charge is 0.254 e. The van der Waals surface area contributed by atoms with E-state index in [0.717, 1.165) is 11.3 Å². The van der Waals surface area contributed by atoms with Crippen LogP contribution in [-0.4, -0.2) is 10.2 Å². The van der Waals surface area contributed by atoms with Crippen molar-refractivity contribution < 1.29 is 9.15 Å². The highest BCUT2D eigenvalue weighted by molar-refractivity contribution is 6.30. The van der Waals surface area contributed by atoms with Crippen molar-refractivity contribution in [2.75, 3.05) is 0 Å². The first-order valence-electron chi connectivity index (χ1n) is 7.73. The summed E-state index contributed by atoms with van der Waals surface area (Å²) in [6.45, 7) is 6.77. The predicted molar refractivity (Wildman–Crippen MR) is 94.2 cm³/mol. The maximum Gasteiger partial charge on any atom is 0.254 e. The van der Waals surface area contributed by atoms with Gasteiger partial charge in [0.05, 0.1) is 0 Å². The fraction of sp³-hybridized carbons (Fsp3) is 0.263. The van der Waals surface area contributed by atoms with Crippen molar-refractivity contribution in [1.29, 1.82) is 0 Å². The lowest BCUT2D eigenvalue weighted by atomic mass is 9.87. The highest BCUT2D eigenvalue weighted by Gasteiger charge is 2.13. The molecule has 1 aromatic heterocycles. The molecular weight excluding hydrogens is 324 g/mol. The van der Waals surface area contributed by atoms with Crippen LogP contribution in [0.5, 0.6) is 5.75 Å². The molecule has 0 aliphatic heterocycles. The van der Waals surface area contributed by atoms with Gasteiger partial charge in [-0.2, -0.15) is 0 Å². The van der Waals surface area contributed by atoms with E-state index in [0.29, 0.717) is 16.8 Å². The third-order valence-corrected chi connectivity index (χ3v) is 3.89. The van der Waals surface area contributed by atoms with Crippen molar-refractivity contribution in [3.63, 3.8) is 0 Å². The number of hydrogen-bond donors (Lipinski definition) is 0. The van der Waals surface area contributed by atoms with Gasteiger partial charge in [-0.1, -0.05) is 44.5 Å². The first-order valence-corrected chi connectivity index (χ1v) is 8.11. The second kappa shape index (κ2) is 6.65. The Kier molecular flexibility index (Phi) is 4.58. The van der Waals surface area contributed by atoms with E-state index >= 15 is 0 Å². The minimum atomic E-state index is 0.124. The molecule has 0 fully saturated rings. The number of rotatable bonds is 4. The van der Waals surface area contributed by atoms with Gasteiger partial charge in [-0.3, -0.25) is 0 Å². The van der Waals surface area contributed by atoms with Crippen molar-refractivity contribution in [2.24, 2.45) is 0 Å². The molecule has 5 heteroatoms. The molecule has 4 nitrogen and oxygen atoms in total. The molecule has 0 spiro atoms. The van der Waals surface area contributed by atoms with Crippen LogP contribution in [-0.2, 0) is 12.0 Å². The topological polar surface area (TPSA) is 48.2 Å². The molecule has 0 atom stereocenters. The lowest BCUT2D eigenvalue weighted by Crippen LogP contribution is -2.10. The molecule has 0 unspecified atom stereocenters. The second-order valence-electron chi connectivity index (χ2n) is 6.57. The van der Waals surface area contributed by atoms with Gasteiger partial charge in [-0.25, -0.2) is 0 Å². The van der Waals surface area contributed by atoms with Crippen molar-refractivity contribution >= 4 is 11.6 Å². The predicted octanol–water partition coefficient (Wildman–Crippen LogP) is 5.27. The van der Waals surface area contributed by atoms with Crippen molar-refractivity contribution in [1.82, 2.24) is 10.2 Å². The highest BCUT2D eigenvalue weighted by Crippen LogP contribution is 2.25. The molecule has 0 aliphatic rings. The van der Waals surface area contributed by atoms with Crippen LogP contribution in [0.15, 0.2) is 52.9 Å². The van der Waals surface area contributed by atoms with Gasteiger partial charge in [-0.15, -0.1) is 10.2 Å². The van der Waals surface area contributed by atoms with Crippen molar-refractivity contribution in [3.05, 3.63) is 65.0 Å². The number of hydrogen-bond acceptors (Lipinski definition) is 4. The molecule has 3 rings (SSSR count). The fourth-order valence-electron chi connectivity index (χ4n) is 2.22. The summed E-state index contributed by atoms with van der Waals surface area (Å²) in [4.78, 5) is 0. The largest absolute Gasteiger partial charge is 0.484 e. The zero-order valence-electron chi connectivity index (χ0n) is 13.9. The third kappa shape index (κ3) is 3.95. The average Bonchev–Trinajstić information content (AvgIpc) is 3.02. The first-order chi connectivity index (χ1) is 11.4. The Balaban J connectivity index is 1.64. The molecular formula is C19H19ClN2O2. The summed E-state index contributed by atoms with van der Waals surface area (Å²) in [5, 5.41) is 8.71. The van der Waals surface area contributed by atoms with Gasteiger partial charge in [0, 0.05) is 10.6 Å². The van der Waals surface area contributed by atoms with Crippen LogP contribution in [0.25, 0.3) is 11.5 Å². The van der Waals surface area contributed by atoms with Crippen LogP contribution in [0, 0.1) is 0 Å². The van der Waals surface area contributed by atoms with Gasteiger partial charge >= 0.3 is 0 Å². The molecule has 0 saturated heterocycles. The van der Waals surface area contributed by atoms with Crippen LogP contribution in [0.3, 0.4) is 0 Å². The summed E-state index contributed by atoms with van der Waals surface area (Å²) in [6.07, 6.45) is 0. The Morgan fingerprint density at radius 1 is 0.958 bits per heavy atom. The Bertz CT molecular complexity index is 803. The Morgan fingerprint density at radius 2 is 1.62 bits per heavy atom. The van der Waals surface area contributed by atoms with Gasteiger partial charge in [0.2, 0.25) is 5.89 Å². The van der Waals surface area contributed by atoms with E-state index in [-0.39, 0.29) is 12.0 Å². The molecule has 0 saturated carbocycles. The lowest BCUT2D eigenvalue weighted by molar-refractivity contribution is 0.264. The van der Waals surface area contributed by atoms with Crippen molar-refractivity contribution in [3.8, 4) is 17.2 Å². The van der Waals surface area contributed by atoms with E-state index in [9.17, 15) is 0 Å². The van der Waals surface area contributed by atoms with E-state index in [2.05, 4.69) is 43.1 Å². The van der Waals surface area contributed by atoms with Gasteiger partial charge < -0.3 is 9.15 Å². The Morgan fingerprint density at radius 3 is 2.25 bits per heavy atom.